The minimum atomic E-state index is 0.0699. The van der Waals surface area contributed by atoms with Crippen molar-refractivity contribution in [3.8, 4) is 0 Å². The van der Waals surface area contributed by atoms with Gasteiger partial charge in [0, 0.05) is 25.3 Å². The lowest BCUT2D eigenvalue weighted by molar-refractivity contribution is -0.121. The van der Waals surface area contributed by atoms with Crippen molar-refractivity contribution in [3.63, 3.8) is 0 Å². The first-order chi connectivity index (χ1) is 9.29. The van der Waals surface area contributed by atoms with Crippen molar-refractivity contribution in [2.75, 3.05) is 31.6 Å². The molecular weight excluding hydrogens is 242 g/mol. The second-order valence-electron chi connectivity index (χ2n) is 4.90. The van der Waals surface area contributed by atoms with E-state index in [4.69, 9.17) is 5.11 Å². The summed E-state index contributed by atoms with van der Waals surface area (Å²) in [4.78, 5) is 18.5. The molecule has 5 heteroatoms. The molecule has 1 amide bonds. The molecule has 1 saturated heterocycles. The van der Waals surface area contributed by atoms with Gasteiger partial charge in [-0.3, -0.25) is 4.79 Å². The predicted molar refractivity (Wildman–Crippen MR) is 73.7 cm³/mol. The predicted octanol–water partition coefficient (Wildman–Crippen LogP) is 1.11. The number of carbonyl (C=O) groups is 1. The largest absolute Gasteiger partial charge is 0.396 e. The van der Waals surface area contributed by atoms with E-state index < -0.39 is 0 Å². The quantitative estimate of drug-likeness (QED) is 0.835. The average molecular weight is 263 g/mol. The highest BCUT2D eigenvalue weighted by molar-refractivity contribution is 5.91. The first-order valence-electron chi connectivity index (χ1n) is 6.84. The molecule has 0 atom stereocenters. The number of carbonyl (C=O) groups excluding carboxylic acids is 1. The molecule has 0 saturated carbocycles. The summed E-state index contributed by atoms with van der Waals surface area (Å²) in [5, 5.41) is 11.7. The van der Waals surface area contributed by atoms with Crippen LogP contribution in [0.4, 0.5) is 5.82 Å². The summed E-state index contributed by atoms with van der Waals surface area (Å²) in [7, 11) is 0. The third kappa shape index (κ3) is 4.29. The maximum absolute atomic E-state index is 12.1. The Balaban J connectivity index is 1.76. The van der Waals surface area contributed by atoms with Crippen LogP contribution in [0.25, 0.3) is 0 Å². The van der Waals surface area contributed by atoms with E-state index in [2.05, 4.69) is 15.2 Å². The van der Waals surface area contributed by atoms with Crippen LogP contribution in [0, 0.1) is 5.92 Å². The van der Waals surface area contributed by atoms with Gasteiger partial charge in [0.1, 0.15) is 5.82 Å². The van der Waals surface area contributed by atoms with E-state index in [0.717, 1.165) is 38.9 Å². The van der Waals surface area contributed by atoms with E-state index in [1.165, 1.54) is 0 Å². The molecule has 1 aliphatic heterocycles. The number of anilines is 1. The Kier molecular flexibility index (Phi) is 5.30. The summed E-state index contributed by atoms with van der Waals surface area (Å²) in [6.07, 6.45) is 4.24. The van der Waals surface area contributed by atoms with Gasteiger partial charge >= 0.3 is 0 Å². The fourth-order valence-electron chi connectivity index (χ4n) is 2.38. The summed E-state index contributed by atoms with van der Waals surface area (Å²) in [6.45, 7) is 3.02. The molecule has 2 N–H and O–H groups in total. The standard InChI is InChI=1S/C14H21N3O2/c18-11-3-8-17-9-5-12(6-10-17)14(19)16-13-4-1-2-7-15-13/h1-2,4,7,12,18H,3,5-6,8-11H2,(H,15,16,19). The zero-order chi connectivity index (χ0) is 13.5. The van der Waals surface area contributed by atoms with Crippen LogP contribution in [0.1, 0.15) is 19.3 Å². The maximum atomic E-state index is 12.1. The van der Waals surface area contributed by atoms with Crippen LogP contribution in [0.5, 0.6) is 0 Å². The lowest BCUT2D eigenvalue weighted by atomic mass is 9.96. The Morgan fingerprint density at radius 2 is 2.21 bits per heavy atom. The summed E-state index contributed by atoms with van der Waals surface area (Å²) in [5.41, 5.74) is 0. The van der Waals surface area contributed by atoms with Gasteiger partial charge in [-0.25, -0.2) is 4.98 Å². The monoisotopic (exact) mass is 263 g/mol. The molecule has 5 nitrogen and oxygen atoms in total. The number of aromatic nitrogens is 1. The Bertz CT molecular complexity index is 389. The summed E-state index contributed by atoms with van der Waals surface area (Å²) < 4.78 is 0. The lowest BCUT2D eigenvalue weighted by Gasteiger charge is -2.30. The van der Waals surface area contributed by atoms with Crippen LogP contribution >= 0.6 is 0 Å². The highest BCUT2D eigenvalue weighted by Crippen LogP contribution is 2.18. The van der Waals surface area contributed by atoms with E-state index in [-0.39, 0.29) is 18.4 Å². The van der Waals surface area contributed by atoms with Crippen LogP contribution in [-0.4, -0.2) is 47.1 Å². The van der Waals surface area contributed by atoms with Crippen LogP contribution in [0.2, 0.25) is 0 Å². The van der Waals surface area contributed by atoms with Gasteiger partial charge in [-0.05, 0) is 44.5 Å². The van der Waals surface area contributed by atoms with Crippen LogP contribution in [0.3, 0.4) is 0 Å². The summed E-state index contributed by atoms with van der Waals surface area (Å²) >= 11 is 0. The third-order valence-corrected chi connectivity index (χ3v) is 3.51. The molecule has 1 fully saturated rings. The Morgan fingerprint density at radius 3 is 2.84 bits per heavy atom. The van der Waals surface area contributed by atoms with E-state index >= 15 is 0 Å². The molecule has 2 heterocycles. The van der Waals surface area contributed by atoms with Crippen LogP contribution in [-0.2, 0) is 4.79 Å². The Hall–Kier alpha value is -1.46. The number of hydrogen-bond acceptors (Lipinski definition) is 4. The third-order valence-electron chi connectivity index (χ3n) is 3.51. The zero-order valence-electron chi connectivity index (χ0n) is 11.1. The molecule has 0 aromatic carbocycles. The number of amides is 1. The molecule has 2 rings (SSSR count). The maximum Gasteiger partial charge on any atom is 0.228 e. The van der Waals surface area contributed by atoms with Crippen molar-refractivity contribution in [2.45, 2.75) is 19.3 Å². The topological polar surface area (TPSA) is 65.5 Å². The van der Waals surface area contributed by atoms with Crippen molar-refractivity contribution in [3.05, 3.63) is 24.4 Å². The minimum absolute atomic E-state index is 0.0699. The molecule has 0 unspecified atom stereocenters. The van der Waals surface area contributed by atoms with E-state index in [1.54, 1.807) is 12.3 Å². The van der Waals surface area contributed by atoms with Crippen molar-refractivity contribution in [1.82, 2.24) is 9.88 Å². The fraction of sp³-hybridized carbons (Fsp3) is 0.571. The smallest absolute Gasteiger partial charge is 0.228 e. The molecule has 0 spiro atoms. The van der Waals surface area contributed by atoms with Gasteiger partial charge < -0.3 is 15.3 Å². The number of nitrogens with zero attached hydrogens (tertiary/aromatic N) is 2. The van der Waals surface area contributed by atoms with Gasteiger partial charge in [0.2, 0.25) is 5.91 Å². The summed E-state index contributed by atoms with van der Waals surface area (Å²) in [5.74, 6) is 0.767. The number of aliphatic hydroxyl groups is 1. The average Bonchev–Trinajstić information content (AvgIpc) is 2.46. The van der Waals surface area contributed by atoms with Crippen LogP contribution in [0.15, 0.2) is 24.4 Å². The molecule has 0 radical (unpaired) electrons. The van der Waals surface area contributed by atoms with Crippen molar-refractivity contribution < 1.29 is 9.90 Å². The number of nitrogens with one attached hydrogen (secondary N) is 1. The fourth-order valence-corrected chi connectivity index (χ4v) is 2.38. The normalized spacial score (nSPS) is 17.3. The number of piperidine rings is 1. The van der Waals surface area contributed by atoms with Gasteiger partial charge in [0.05, 0.1) is 0 Å². The van der Waals surface area contributed by atoms with Gasteiger partial charge in [-0.15, -0.1) is 0 Å². The highest BCUT2D eigenvalue weighted by Gasteiger charge is 2.24. The molecule has 104 valence electrons. The second kappa shape index (κ2) is 7.21. The summed E-state index contributed by atoms with van der Waals surface area (Å²) in [6, 6.07) is 5.49. The molecule has 1 aromatic heterocycles. The first kappa shape index (κ1) is 14.0. The minimum Gasteiger partial charge on any atom is -0.396 e. The van der Waals surface area contributed by atoms with Gasteiger partial charge in [0.25, 0.3) is 0 Å². The van der Waals surface area contributed by atoms with Gasteiger partial charge in [-0.2, -0.15) is 0 Å². The number of aliphatic hydroxyl groups excluding tert-OH is 1. The molecule has 1 aliphatic rings. The van der Waals surface area contributed by atoms with Gasteiger partial charge in [-0.1, -0.05) is 6.07 Å². The van der Waals surface area contributed by atoms with Crippen molar-refractivity contribution >= 4 is 11.7 Å². The van der Waals surface area contributed by atoms with Crippen LogP contribution < -0.4 is 5.32 Å². The number of hydrogen-bond donors (Lipinski definition) is 2. The highest BCUT2D eigenvalue weighted by atomic mass is 16.3. The zero-order valence-corrected chi connectivity index (χ0v) is 11.1. The van der Waals surface area contributed by atoms with E-state index in [1.807, 2.05) is 12.1 Å². The van der Waals surface area contributed by atoms with Gasteiger partial charge in [0.15, 0.2) is 0 Å². The molecule has 1 aromatic rings. The van der Waals surface area contributed by atoms with E-state index in [0.29, 0.717) is 5.82 Å². The molecule has 0 bridgehead atoms. The molecule has 0 aliphatic carbocycles. The second-order valence-corrected chi connectivity index (χ2v) is 4.90. The first-order valence-corrected chi connectivity index (χ1v) is 6.84. The molecular formula is C14H21N3O2. The van der Waals surface area contributed by atoms with Crippen molar-refractivity contribution in [2.24, 2.45) is 5.92 Å². The van der Waals surface area contributed by atoms with E-state index in [9.17, 15) is 4.79 Å². The number of likely N-dealkylation sites (tertiary alicyclic amines) is 1. The Labute approximate surface area is 113 Å². The lowest BCUT2D eigenvalue weighted by Crippen LogP contribution is -2.38. The van der Waals surface area contributed by atoms with Crippen molar-refractivity contribution in [1.29, 1.82) is 0 Å². The Morgan fingerprint density at radius 1 is 1.42 bits per heavy atom. The molecule has 19 heavy (non-hydrogen) atoms. The number of rotatable bonds is 5. The number of pyridine rings is 1. The SMILES string of the molecule is O=C(Nc1ccccn1)C1CCN(CCCO)CC1.